The number of hydrogen-bond donors (Lipinski definition) is 2. The summed E-state index contributed by atoms with van der Waals surface area (Å²) in [4.78, 5) is 21.0. The summed E-state index contributed by atoms with van der Waals surface area (Å²) in [6.45, 7) is 1.96. The van der Waals surface area contributed by atoms with Gasteiger partial charge in [0.15, 0.2) is 11.5 Å². The van der Waals surface area contributed by atoms with Crippen molar-refractivity contribution >= 4 is 22.1 Å². The number of nitrogens with zero attached hydrogens (tertiary/aromatic N) is 6. The lowest BCUT2D eigenvalue weighted by Crippen LogP contribution is -1.92. The van der Waals surface area contributed by atoms with E-state index in [0.717, 1.165) is 44.6 Å². The van der Waals surface area contributed by atoms with E-state index in [2.05, 4.69) is 42.3 Å². The Hall–Kier alpha value is -4.33. The van der Waals surface area contributed by atoms with Crippen LogP contribution in [0.4, 0.5) is 0 Å². The summed E-state index contributed by atoms with van der Waals surface area (Å²) < 4.78 is 1.96. The van der Waals surface area contributed by atoms with Crippen molar-refractivity contribution in [3.8, 4) is 28.3 Å². The van der Waals surface area contributed by atoms with Gasteiger partial charge in [-0.05, 0) is 48.4 Å². The Morgan fingerprint density at radius 3 is 2.67 bits per heavy atom. The highest BCUT2D eigenvalue weighted by Crippen LogP contribution is 2.30. The van der Waals surface area contributed by atoms with E-state index in [0.29, 0.717) is 11.5 Å². The summed E-state index contributed by atoms with van der Waals surface area (Å²) in [6.07, 6.45) is 9.09. The van der Waals surface area contributed by atoms with Gasteiger partial charge in [-0.2, -0.15) is 5.10 Å². The van der Waals surface area contributed by atoms with Crippen molar-refractivity contribution in [2.45, 2.75) is 6.92 Å². The van der Waals surface area contributed by atoms with Gasteiger partial charge in [0, 0.05) is 30.2 Å². The third-order valence-corrected chi connectivity index (χ3v) is 5.16. The zero-order valence-electron chi connectivity index (χ0n) is 16.0. The van der Waals surface area contributed by atoms with Crippen molar-refractivity contribution in [2.75, 3.05) is 0 Å². The van der Waals surface area contributed by atoms with E-state index in [4.69, 9.17) is 4.98 Å². The predicted octanol–water partition coefficient (Wildman–Crippen LogP) is 4.06. The molecule has 0 atom stereocenters. The van der Waals surface area contributed by atoms with Gasteiger partial charge < -0.3 is 9.55 Å². The minimum Gasteiger partial charge on any atom is -0.333 e. The zero-order valence-corrected chi connectivity index (χ0v) is 16.0. The van der Waals surface area contributed by atoms with Crippen LogP contribution in [0.25, 0.3) is 50.4 Å². The van der Waals surface area contributed by atoms with E-state index >= 15 is 0 Å². The van der Waals surface area contributed by atoms with Crippen molar-refractivity contribution in [2.24, 2.45) is 0 Å². The summed E-state index contributed by atoms with van der Waals surface area (Å²) in [6, 6.07) is 12.1. The molecule has 5 heterocycles. The molecule has 0 amide bonds. The van der Waals surface area contributed by atoms with Gasteiger partial charge in [-0.3, -0.25) is 10.1 Å². The van der Waals surface area contributed by atoms with Crippen LogP contribution in [-0.2, 0) is 0 Å². The summed E-state index contributed by atoms with van der Waals surface area (Å²) >= 11 is 0. The first-order valence-electron chi connectivity index (χ1n) is 9.51. The van der Waals surface area contributed by atoms with Gasteiger partial charge in [0.25, 0.3) is 0 Å². The van der Waals surface area contributed by atoms with E-state index in [9.17, 15) is 0 Å². The predicted molar refractivity (Wildman–Crippen MR) is 114 cm³/mol. The number of aromatic amines is 2. The highest BCUT2D eigenvalue weighted by atomic mass is 15.1. The minimum absolute atomic E-state index is 0.635. The average molecular weight is 392 g/mol. The molecule has 0 unspecified atom stereocenters. The molecule has 144 valence electrons. The van der Waals surface area contributed by atoms with Crippen LogP contribution >= 0.6 is 0 Å². The number of nitrogens with one attached hydrogen (secondary N) is 2. The number of aryl methyl sites for hydroxylation is 1. The molecule has 0 bridgehead atoms. The first kappa shape index (κ1) is 16.6. The van der Waals surface area contributed by atoms with Crippen molar-refractivity contribution in [3.05, 3.63) is 73.2 Å². The van der Waals surface area contributed by atoms with E-state index < -0.39 is 0 Å². The smallest absolute Gasteiger partial charge is 0.180 e. The average Bonchev–Trinajstić information content (AvgIpc) is 3.51. The number of fused-ring (bicyclic) bond motifs is 2. The third kappa shape index (κ3) is 2.58. The van der Waals surface area contributed by atoms with Crippen LogP contribution in [0.15, 0.2) is 67.5 Å². The molecular formula is C22H16N8. The lowest BCUT2D eigenvalue weighted by Gasteiger charge is -2.02. The summed E-state index contributed by atoms with van der Waals surface area (Å²) in [5.74, 6) is 0.667. The van der Waals surface area contributed by atoms with Gasteiger partial charge >= 0.3 is 0 Å². The highest BCUT2D eigenvalue weighted by Gasteiger charge is 2.16. The number of imidazole rings is 2. The van der Waals surface area contributed by atoms with E-state index in [1.54, 1.807) is 24.9 Å². The van der Waals surface area contributed by atoms with Crippen LogP contribution in [0.1, 0.15) is 5.69 Å². The summed E-state index contributed by atoms with van der Waals surface area (Å²) in [7, 11) is 0. The standard InChI is InChI=1S/C22H16N8/c1-13-11-30(12-25-13)18-6-9-24-21-20(18)26-22(27-21)19-16-10-15(2-3-17(16)28-29-19)14-4-7-23-8-5-14/h2-12H,1H3,(H,28,29)(H,24,26,27). The van der Waals surface area contributed by atoms with E-state index in [1.807, 2.05) is 42.0 Å². The molecule has 2 N–H and O–H groups in total. The second kappa shape index (κ2) is 6.35. The highest BCUT2D eigenvalue weighted by molar-refractivity contribution is 5.96. The largest absolute Gasteiger partial charge is 0.333 e. The van der Waals surface area contributed by atoms with Gasteiger partial charge in [-0.25, -0.2) is 15.0 Å². The maximum absolute atomic E-state index is 4.71. The van der Waals surface area contributed by atoms with Crippen LogP contribution in [0.2, 0.25) is 0 Å². The van der Waals surface area contributed by atoms with Crippen LogP contribution < -0.4 is 0 Å². The quantitative estimate of drug-likeness (QED) is 0.473. The fourth-order valence-electron chi connectivity index (χ4n) is 3.70. The molecule has 5 aromatic heterocycles. The lowest BCUT2D eigenvalue weighted by atomic mass is 10.0. The van der Waals surface area contributed by atoms with Crippen LogP contribution in [-0.4, -0.2) is 39.7 Å². The van der Waals surface area contributed by atoms with Gasteiger partial charge in [-0.15, -0.1) is 0 Å². The number of H-pyrrole nitrogens is 2. The second-order valence-corrected chi connectivity index (χ2v) is 7.10. The Morgan fingerprint density at radius 2 is 1.83 bits per heavy atom. The van der Waals surface area contributed by atoms with Crippen LogP contribution in [0.3, 0.4) is 0 Å². The van der Waals surface area contributed by atoms with Crippen LogP contribution in [0, 0.1) is 6.92 Å². The summed E-state index contributed by atoms with van der Waals surface area (Å²) in [5, 5.41) is 8.61. The number of rotatable bonds is 3. The topological polar surface area (TPSA) is 101 Å². The van der Waals surface area contributed by atoms with Crippen molar-refractivity contribution in [1.29, 1.82) is 0 Å². The molecule has 0 saturated carbocycles. The zero-order chi connectivity index (χ0) is 20.1. The number of aromatic nitrogens is 8. The maximum Gasteiger partial charge on any atom is 0.180 e. The molecule has 8 nitrogen and oxygen atoms in total. The second-order valence-electron chi connectivity index (χ2n) is 7.10. The molecule has 0 saturated heterocycles. The molecule has 8 heteroatoms. The first-order valence-corrected chi connectivity index (χ1v) is 9.51. The fourth-order valence-corrected chi connectivity index (χ4v) is 3.70. The van der Waals surface area contributed by atoms with E-state index in [-0.39, 0.29) is 0 Å². The maximum atomic E-state index is 4.71. The number of benzene rings is 1. The molecule has 6 aromatic rings. The SMILES string of the molecule is Cc1cn(-c2ccnc3nc(-c4n[nH]c5ccc(-c6ccncc6)cc45)[nH]c23)cn1. The molecule has 0 spiro atoms. The van der Waals surface area contributed by atoms with Gasteiger partial charge in [0.2, 0.25) is 0 Å². The van der Waals surface area contributed by atoms with Crippen molar-refractivity contribution in [3.63, 3.8) is 0 Å². The molecule has 1 aromatic carbocycles. The monoisotopic (exact) mass is 392 g/mol. The molecule has 0 aliphatic heterocycles. The van der Waals surface area contributed by atoms with Gasteiger partial charge in [0.1, 0.15) is 11.2 Å². The Morgan fingerprint density at radius 1 is 0.933 bits per heavy atom. The molecule has 6 rings (SSSR count). The Labute approximate surface area is 170 Å². The molecule has 30 heavy (non-hydrogen) atoms. The Bertz CT molecular complexity index is 1510. The molecule has 0 aliphatic carbocycles. The number of pyridine rings is 2. The summed E-state index contributed by atoms with van der Waals surface area (Å²) in [5.41, 5.74) is 7.26. The first-order chi connectivity index (χ1) is 14.8. The number of hydrogen-bond acceptors (Lipinski definition) is 5. The van der Waals surface area contributed by atoms with Crippen molar-refractivity contribution < 1.29 is 0 Å². The lowest BCUT2D eigenvalue weighted by molar-refractivity contribution is 1.06. The Kier molecular flexibility index (Phi) is 3.51. The molecular weight excluding hydrogens is 376 g/mol. The molecule has 0 radical (unpaired) electrons. The fraction of sp³-hybridized carbons (Fsp3) is 0.0455. The van der Waals surface area contributed by atoms with Crippen molar-refractivity contribution in [1.82, 2.24) is 39.7 Å². The molecule has 0 aliphatic rings. The Balaban J connectivity index is 1.52. The van der Waals surface area contributed by atoms with E-state index in [1.165, 1.54) is 0 Å². The van der Waals surface area contributed by atoms with Crippen LogP contribution in [0.5, 0.6) is 0 Å². The third-order valence-electron chi connectivity index (χ3n) is 5.16. The van der Waals surface area contributed by atoms with Gasteiger partial charge in [-0.1, -0.05) is 6.07 Å². The normalized spacial score (nSPS) is 11.5. The van der Waals surface area contributed by atoms with Gasteiger partial charge in [0.05, 0.1) is 23.2 Å². The molecule has 0 fully saturated rings. The minimum atomic E-state index is 0.635.